The van der Waals surface area contributed by atoms with Crippen molar-refractivity contribution in [1.29, 1.82) is 0 Å². The maximum Gasteiger partial charge on any atom is 0.483 e. The summed E-state index contributed by atoms with van der Waals surface area (Å²) in [6.07, 6.45) is 1.88. The van der Waals surface area contributed by atoms with Crippen molar-refractivity contribution in [3.05, 3.63) is 98.5 Å². The minimum atomic E-state index is -0.283. The summed E-state index contributed by atoms with van der Waals surface area (Å²) in [5, 5.41) is 0.714. The number of para-hydroxylation sites is 2. The zero-order valence-corrected chi connectivity index (χ0v) is 24.0. The van der Waals surface area contributed by atoms with E-state index in [0.717, 1.165) is 41.1 Å². The van der Waals surface area contributed by atoms with Crippen molar-refractivity contribution in [2.24, 2.45) is 4.99 Å². The highest BCUT2D eigenvalue weighted by atomic mass is 35.5. The molecule has 0 aliphatic carbocycles. The minimum Gasteiger partial charge on any atom is -0.539 e. The number of allylic oxidation sites excluding steroid dienone is 2. The predicted molar refractivity (Wildman–Crippen MR) is 157 cm³/mol. The third-order valence-corrected chi connectivity index (χ3v) is 7.67. The predicted octanol–water partition coefficient (Wildman–Crippen LogP) is 8.33. The largest absolute Gasteiger partial charge is 0.539 e. The third kappa shape index (κ3) is 4.89. The Morgan fingerprint density at radius 3 is 2.16 bits per heavy atom. The van der Waals surface area contributed by atoms with Crippen LogP contribution in [0.15, 0.2) is 70.4 Å². The monoisotopic (exact) mass is 514 g/mol. The SMILES string of the molecule is CCC1=C(C)/C(=C(\c2ccc(Cl)cc2)c2c(C)c(CC)c(C)n2B(C)Oc2ccccc2OC)N=C1C. The highest BCUT2D eigenvalue weighted by Crippen LogP contribution is 2.41. The van der Waals surface area contributed by atoms with E-state index in [2.05, 4.69) is 65.0 Å². The van der Waals surface area contributed by atoms with E-state index in [1.807, 2.05) is 36.4 Å². The van der Waals surface area contributed by atoms with Gasteiger partial charge >= 0.3 is 7.05 Å². The number of nitrogens with zero attached hydrogens (tertiary/aromatic N) is 2. The fourth-order valence-electron chi connectivity index (χ4n) is 5.64. The van der Waals surface area contributed by atoms with Crippen molar-refractivity contribution in [3.63, 3.8) is 0 Å². The van der Waals surface area contributed by atoms with Gasteiger partial charge in [0, 0.05) is 27.7 Å². The summed E-state index contributed by atoms with van der Waals surface area (Å²) in [7, 11) is 1.39. The molecule has 0 amide bonds. The molecule has 3 aromatic rings. The normalized spacial score (nSPS) is 14.7. The Kier molecular flexibility index (Phi) is 8.03. The summed E-state index contributed by atoms with van der Waals surface area (Å²) in [5.41, 5.74) is 11.7. The van der Waals surface area contributed by atoms with Gasteiger partial charge in [-0.1, -0.05) is 49.7 Å². The molecule has 0 unspecified atom stereocenters. The van der Waals surface area contributed by atoms with Crippen LogP contribution in [-0.4, -0.2) is 24.4 Å². The molecule has 0 bridgehead atoms. The maximum atomic E-state index is 6.56. The van der Waals surface area contributed by atoms with Crippen molar-refractivity contribution in [3.8, 4) is 11.5 Å². The number of methoxy groups -OCH3 is 1. The molecule has 37 heavy (non-hydrogen) atoms. The average molecular weight is 515 g/mol. The van der Waals surface area contributed by atoms with Crippen LogP contribution in [0.3, 0.4) is 0 Å². The Labute approximate surface area is 226 Å². The summed E-state index contributed by atoms with van der Waals surface area (Å²) >= 11 is 6.31. The minimum absolute atomic E-state index is 0.283. The quantitative estimate of drug-likeness (QED) is 0.283. The molecular formula is C31H36BClN2O2. The van der Waals surface area contributed by atoms with E-state index in [1.54, 1.807) is 7.11 Å². The third-order valence-electron chi connectivity index (χ3n) is 7.41. The van der Waals surface area contributed by atoms with Gasteiger partial charge in [-0.25, -0.2) is 0 Å². The van der Waals surface area contributed by atoms with Crippen molar-refractivity contribution >= 4 is 29.9 Å². The second kappa shape index (κ2) is 11.1. The first-order valence-corrected chi connectivity index (χ1v) is 13.4. The van der Waals surface area contributed by atoms with E-state index in [9.17, 15) is 0 Å². The van der Waals surface area contributed by atoms with Crippen LogP contribution < -0.4 is 9.39 Å². The number of hydrogen-bond donors (Lipinski definition) is 0. The van der Waals surface area contributed by atoms with Crippen LogP contribution in [0.5, 0.6) is 11.5 Å². The van der Waals surface area contributed by atoms with Crippen LogP contribution in [0.2, 0.25) is 11.8 Å². The van der Waals surface area contributed by atoms with E-state index < -0.39 is 0 Å². The van der Waals surface area contributed by atoms with E-state index in [4.69, 9.17) is 26.0 Å². The molecule has 192 valence electrons. The molecule has 0 spiro atoms. The Morgan fingerprint density at radius 2 is 1.59 bits per heavy atom. The molecule has 0 saturated carbocycles. The number of hydrogen-bond acceptors (Lipinski definition) is 3. The van der Waals surface area contributed by atoms with Crippen molar-refractivity contribution in [2.75, 3.05) is 7.11 Å². The van der Waals surface area contributed by atoms with Crippen molar-refractivity contribution in [1.82, 2.24) is 4.48 Å². The topological polar surface area (TPSA) is 35.8 Å². The van der Waals surface area contributed by atoms with Gasteiger partial charge in [0.25, 0.3) is 0 Å². The smallest absolute Gasteiger partial charge is 0.483 e. The average Bonchev–Trinajstić information content (AvgIpc) is 3.31. The van der Waals surface area contributed by atoms with Crippen LogP contribution in [-0.2, 0) is 6.42 Å². The molecule has 0 atom stereocenters. The first-order chi connectivity index (χ1) is 17.7. The number of ether oxygens (including phenoxy) is 1. The van der Waals surface area contributed by atoms with Crippen LogP contribution in [0.1, 0.15) is 62.2 Å². The number of rotatable bonds is 8. The summed E-state index contributed by atoms with van der Waals surface area (Å²) in [6.45, 7) is 15.2. The molecule has 2 aromatic carbocycles. The van der Waals surface area contributed by atoms with Gasteiger partial charge in [0.15, 0.2) is 5.75 Å². The second-order valence-corrected chi connectivity index (χ2v) is 9.95. The second-order valence-electron chi connectivity index (χ2n) is 9.51. The lowest BCUT2D eigenvalue weighted by atomic mass is 9.84. The lowest BCUT2D eigenvalue weighted by Gasteiger charge is -2.22. The number of aliphatic imine (C=N–C) groups is 1. The number of aromatic nitrogens is 1. The molecule has 4 nitrogen and oxygen atoms in total. The Bertz CT molecular complexity index is 1410. The summed E-state index contributed by atoms with van der Waals surface area (Å²) in [6, 6.07) is 15.9. The molecule has 0 saturated heterocycles. The van der Waals surface area contributed by atoms with Gasteiger partial charge < -0.3 is 13.9 Å². The highest BCUT2D eigenvalue weighted by molar-refractivity contribution is 6.50. The van der Waals surface area contributed by atoms with E-state index in [-0.39, 0.29) is 7.05 Å². The molecular weight excluding hydrogens is 479 g/mol. The van der Waals surface area contributed by atoms with Gasteiger partial charge in [-0.15, -0.1) is 0 Å². The van der Waals surface area contributed by atoms with Gasteiger partial charge in [-0.2, -0.15) is 0 Å². The molecule has 6 heteroatoms. The van der Waals surface area contributed by atoms with Gasteiger partial charge in [-0.3, -0.25) is 4.99 Å². The molecule has 0 N–H and O–H groups in total. The lowest BCUT2D eigenvalue weighted by Crippen LogP contribution is -2.31. The summed E-state index contributed by atoms with van der Waals surface area (Å²) in [4.78, 5) is 5.13. The molecule has 2 heterocycles. The Hall–Kier alpha value is -3.18. The van der Waals surface area contributed by atoms with E-state index >= 15 is 0 Å². The molecule has 1 aliphatic rings. The molecule has 4 rings (SSSR count). The number of benzene rings is 2. The van der Waals surface area contributed by atoms with Crippen molar-refractivity contribution < 1.29 is 9.39 Å². The maximum absolute atomic E-state index is 6.56. The van der Waals surface area contributed by atoms with Gasteiger partial charge in [-0.05, 0) is 99.5 Å². The Balaban J connectivity index is 2.02. The highest BCUT2D eigenvalue weighted by Gasteiger charge is 2.31. The van der Waals surface area contributed by atoms with Crippen LogP contribution in [0.25, 0.3) is 5.57 Å². The zero-order valence-electron chi connectivity index (χ0n) is 23.2. The van der Waals surface area contributed by atoms with Gasteiger partial charge in [0.2, 0.25) is 0 Å². The van der Waals surface area contributed by atoms with Gasteiger partial charge in [0.05, 0.1) is 12.8 Å². The zero-order chi connectivity index (χ0) is 26.9. The standard InChI is InChI=1S/C31H36BClN2O2/c1-9-25-19(3)30(34-21(25)5)29(23-15-17-24(33)18-16-23)31-20(4)26(10-2)22(6)35(31)32(7)37-28-14-12-11-13-27(28)36-8/h11-18H,9-10H2,1-8H3/b30-29-. The van der Waals surface area contributed by atoms with Gasteiger partial charge in [0.1, 0.15) is 5.75 Å². The Morgan fingerprint density at radius 1 is 0.946 bits per heavy atom. The number of halogens is 1. The fourth-order valence-corrected chi connectivity index (χ4v) is 5.77. The van der Waals surface area contributed by atoms with Crippen LogP contribution in [0.4, 0.5) is 0 Å². The molecule has 0 radical (unpaired) electrons. The summed E-state index contributed by atoms with van der Waals surface area (Å²) < 4.78 is 14.5. The van der Waals surface area contributed by atoms with Crippen LogP contribution >= 0.6 is 11.6 Å². The fraction of sp³-hybridized carbons (Fsp3) is 0.323. The molecule has 1 aliphatic heterocycles. The van der Waals surface area contributed by atoms with E-state index in [1.165, 1.54) is 28.0 Å². The van der Waals surface area contributed by atoms with E-state index in [0.29, 0.717) is 16.5 Å². The first kappa shape index (κ1) is 26.9. The molecule has 0 fully saturated rings. The summed E-state index contributed by atoms with van der Waals surface area (Å²) in [5.74, 6) is 1.43. The first-order valence-electron chi connectivity index (χ1n) is 13.0. The van der Waals surface area contributed by atoms with Crippen molar-refractivity contribution in [2.45, 2.75) is 61.2 Å². The van der Waals surface area contributed by atoms with Crippen LogP contribution in [0, 0.1) is 13.8 Å². The molecule has 1 aromatic heterocycles. The lowest BCUT2D eigenvalue weighted by molar-refractivity contribution is 0.392.